The summed E-state index contributed by atoms with van der Waals surface area (Å²) in [5.41, 5.74) is 1.82. The number of halogens is 1. The molecule has 0 spiro atoms. The summed E-state index contributed by atoms with van der Waals surface area (Å²) in [7, 11) is 0. The molecule has 5 rings (SSSR count). The molecule has 1 saturated heterocycles. The van der Waals surface area contributed by atoms with Gasteiger partial charge in [0.1, 0.15) is 11.2 Å². The molecule has 0 bridgehead atoms. The van der Waals surface area contributed by atoms with Crippen LogP contribution in [-0.2, 0) is 17.0 Å². The Bertz CT molecular complexity index is 1250. The molecule has 1 aliphatic heterocycles. The van der Waals surface area contributed by atoms with Crippen LogP contribution in [0.15, 0.2) is 70.7 Å². The van der Waals surface area contributed by atoms with Crippen LogP contribution in [0.4, 0.5) is 4.39 Å². The minimum Gasteiger partial charge on any atom is -0.381 e. The first-order valence-electron chi connectivity index (χ1n) is 9.68. The van der Waals surface area contributed by atoms with Crippen molar-refractivity contribution in [2.75, 3.05) is 13.2 Å². The van der Waals surface area contributed by atoms with Gasteiger partial charge >= 0.3 is 0 Å². The molecule has 1 fully saturated rings. The van der Waals surface area contributed by atoms with Gasteiger partial charge in [-0.2, -0.15) is 5.10 Å². The molecule has 0 amide bonds. The molecule has 152 valence electrons. The van der Waals surface area contributed by atoms with Gasteiger partial charge in [-0.25, -0.2) is 9.37 Å². The minimum atomic E-state index is -0.282. The molecular formula is C22H19FN4O2S. The van der Waals surface area contributed by atoms with Crippen molar-refractivity contribution in [3.63, 3.8) is 0 Å². The molecular weight excluding hydrogens is 403 g/mol. The summed E-state index contributed by atoms with van der Waals surface area (Å²) in [4.78, 5) is 18.1. The van der Waals surface area contributed by atoms with E-state index in [1.54, 1.807) is 21.5 Å². The van der Waals surface area contributed by atoms with Gasteiger partial charge in [-0.05, 0) is 29.8 Å². The molecule has 0 atom stereocenters. The lowest BCUT2D eigenvalue weighted by Crippen LogP contribution is -2.31. The molecule has 2 aromatic heterocycles. The van der Waals surface area contributed by atoms with E-state index in [2.05, 4.69) is 5.10 Å². The Morgan fingerprint density at radius 3 is 2.70 bits per heavy atom. The van der Waals surface area contributed by atoms with E-state index < -0.39 is 0 Å². The van der Waals surface area contributed by atoms with E-state index in [4.69, 9.17) is 9.72 Å². The minimum absolute atomic E-state index is 0.163. The smallest absolute Gasteiger partial charge is 0.269 e. The van der Waals surface area contributed by atoms with Gasteiger partial charge in [-0.3, -0.25) is 14.0 Å². The SMILES string of the molecule is O=c1c2cn(CC3COC3)nc2nc(SCc2cccc(F)c2)n1-c1ccccc1. The fourth-order valence-corrected chi connectivity index (χ4v) is 4.36. The standard InChI is InChI=1S/C22H19FN4O2S/c23-17-6-4-5-15(9-17)14-30-22-24-20-19(11-26(25-20)10-16-12-29-13-16)21(28)27(22)18-7-2-1-3-8-18/h1-9,11,16H,10,12-14H2. The topological polar surface area (TPSA) is 61.9 Å². The van der Waals surface area contributed by atoms with E-state index in [-0.39, 0.29) is 11.4 Å². The Kier molecular flexibility index (Phi) is 5.10. The van der Waals surface area contributed by atoms with Crippen LogP contribution in [-0.4, -0.2) is 32.5 Å². The maximum atomic E-state index is 13.5. The summed E-state index contributed by atoms with van der Waals surface area (Å²) >= 11 is 1.39. The van der Waals surface area contributed by atoms with Gasteiger partial charge in [-0.1, -0.05) is 42.1 Å². The Balaban J connectivity index is 1.56. The van der Waals surface area contributed by atoms with Crippen LogP contribution in [0.2, 0.25) is 0 Å². The number of fused-ring (bicyclic) bond motifs is 1. The van der Waals surface area contributed by atoms with Gasteiger partial charge in [-0.15, -0.1) is 0 Å². The number of nitrogens with zero attached hydrogens (tertiary/aromatic N) is 4. The molecule has 0 radical (unpaired) electrons. The number of ether oxygens (including phenoxy) is 1. The second-order valence-corrected chi connectivity index (χ2v) is 8.22. The molecule has 4 aromatic rings. The largest absolute Gasteiger partial charge is 0.381 e. The molecule has 1 aliphatic rings. The van der Waals surface area contributed by atoms with Gasteiger partial charge in [0.05, 0.1) is 18.9 Å². The number of benzene rings is 2. The first kappa shape index (κ1) is 19.0. The third kappa shape index (κ3) is 3.76. The molecule has 8 heteroatoms. The van der Waals surface area contributed by atoms with Crippen molar-refractivity contribution < 1.29 is 9.13 Å². The average molecular weight is 422 g/mol. The Morgan fingerprint density at radius 2 is 1.97 bits per heavy atom. The molecule has 0 unspecified atom stereocenters. The van der Waals surface area contributed by atoms with Gasteiger partial charge in [0, 0.05) is 24.4 Å². The molecule has 2 aromatic carbocycles. The summed E-state index contributed by atoms with van der Waals surface area (Å²) in [6.45, 7) is 2.13. The number of rotatable bonds is 6. The van der Waals surface area contributed by atoms with Crippen LogP contribution < -0.4 is 5.56 Å². The Hall–Kier alpha value is -2.97. The van der Waals surface area contributed by atoms with Crippen molar-refractivity contribution in [2.24, 2.45) is 5.92 Å². The number of aromatic nitrogens is 4. The third-order valence-electron chi connectivity index (χ3n) is 4.99. The maximum absolute atomic E-state index is 13.5. The monoisotopic (exact) mass is 422 g/mol. The average Bonchev–Trinajstić information content (AvgIpc) is 3.13. The van der Waals surface area contributed by atoms with E-state index in [0.717, 1.165) is 11.3 Å². The summed E-state index contributed by atoms with van der Waals surface area (Å²) in [5, 5.41) is 5.53. The summed E-state index contributed by atoms with van der Waals surface area (Å²) < 4.78 is 22.2. The van der Waals surface area contributed by atoms with Gasteiger partial charge in [0.25, 0.3) is 5.56 Å². The van der Waals surface area contributed by atoms with Crippen molar-refractivity contribution in [2.45, 2.75) is 17.5 Å². The fraction of sp³-hybridized carbons (Fsp3) is 0.227. The molecule has 3 heterocycles. The van der Waals surface area contributed by atoms with Crippen molar-refractivity contribution in [1.29, 1.82) is 0 Å². The summed E-state index contributed by atoms with van der Waals surface area (Å²) in [6.07, 6.45) is 1.77. The highest BCUT2D eigenvalue weighted by atomic mass is 32.2. The van der Waals surface area contributed by atoms with Crippen LogP contribution in [0.1, 0.15) is 5.56 Å². The van der Waals surface area contributed by atoms with Gasteiger partial charge < -0.3 is 4.74 Å². The van der Waals surface area contributed by atoms with Crippen molar-refractivity contribution in [3.05, 3.63) is 82.5 Å². The lowest BCUT2D eigenvalue weighted by atomic mass is 10.1. The third-order valence-corrected chi connectivity index (χ3v) is 6.00. The van der Waals surface area contributed by atoms with E-state index in [1.165, 1.54) is 23.9 Å². The van der Waals surface area contributed by atoms with Gasteiger partial charge in [0.15, 0.2) is 10.8 Å². The van der Waals surface area contributed by atoms with E-state index in [1.807, 2.05) is 36.4 Å². The first-order valence-corrected chi connectivity index (χ1v) is 10.7. The van der Waals surface area contributed by atoms with Crippen LogP contribution in [0.3, 0.4) is 0 Å². The highest BCUT2D eigenvalue weighted by Crippen LogP contribution is 2.25. The predicted octanol–water partition coefficient (Wildman–Crippen LogP) is 3.66. The number of hydrogen-bond acceptors (Lipinski definition) is 5. The number of thioether (sulfide) groups is 1. The number of hydrogen-bond donors (Lipinski definition) is 0. The highest BCUT2D eigenvalue weighted by molar-refractivity contribution is 7.98. The second-order valence-electron chi connectivity index (χ2n) is 7.28. The lowest BCUT2D eigenvalue weighted by molar-refractivity contribution is -0.0407. The Labute approximate surface area is 176 Å². The zero-order chi connectivity index (χ0) is 20.5. The van der Waals surface area contributed by atoms with Crippen LogP contribution >= 0.6 is 11.8 Å². The van der Waals surface area contributed by atoms with Crippen LogP contribution in [0.25, 0.3) is 16.7 Å². The quantitative estimate of drug-likeness (QED) is 0.351. The van der Waals surface area contributed by atoms with Crippen LogP contribution in [0, 0.1) is 11.7 Å². The number of para-hydroxylation sites is 1. The normalized spacial score (nSPS) is 14.2. The predicted molar refractivity (Wildman–Crippen MR) is 113 cm³/mol. The molecule has 6 nitrogen and oxygen atoms in total. The zero-order valence-electron chi connectivity index (χ0n) is 16.1. The van der Waals surface area contributed by atoms with E-state index in [0.29, 0.717) is 47.6 Å². The first-order chi connectivity index (χ1) is 14.7. The maximum Gasteiger partial charge on any atom is 0.269 e. The lowest BCUT2D eigenvalue weighted by Gasteiger charge is -2.25. The van der Waals surface area contributed by atoms with E-state index in [9.17, 15) is 9.18 Å². The van der Waals surface area contributed by atoms with Crippen molar-refractivity contribution in [1.82, 2.24) is 19.3 Å². The highest BCUT2D eigenvalue weighted by Gasteiger charge is 2.21. The van der Waals surface area contributed by atoms with Crippen molar-refractivity contribution in [3.8, 4) is 5.69 Å². The molecule has 0 aliphatic carbocycles. The zero-order valence-corrected chi connectivity index (χ0v) is 16.9. The second kappa shape index (κ2) is 8.04. The molecule has 0 saturated carbocycles. The van der Waals surface area contributed by atoms with Crippen LogP contribution in [0.5, 0.6) is 0 Å². The van der Waals surface area contributed by atoms with E-state index >= 15 is 0 Å². The van der Waals surface area contributed by atoms with Crippen molar-refractivity contribution >= 4 is 22.8 Å². The fourth-order valence-electron chi connectivity index (χ4n) is 3.42. The van der Waals surface area contributed by atoms with Gasteiger partial charge in [0.2, 0.25) is 0 Å². The Morgan fingerprint density at radius 1 is 1.13 bits per heavy atom. The summed E-state index contributed by atoms with van der Waals surface area (Å²) in [5.74, 6) is 0.621. The molecule has 0 N–H and O–H groups in total. The summed E-state index contributed by atoms with van der Waals surface area (Å²) in [6, 6.07) is 15.9. The molecule has 30 heavy (non-hydrogen) atoms.